The van der Waals surface area contributed by atoms with Crippen LogP contribution in [0.25, 0.3) is 0 Å². The topological polar surface area (TPSA) is 76.0 Å². The van der Waals surface area contributed by atoms with Crippen LogP contribution in [0.1, 0.15) is 30.9 Å². The average molecular weight is 351 g/mol. The Morgan fingerprint density at radius 3 is 2.00 bits per heavy atom. The SMILES string of the molecule is Cl.Cl.Oc1cc(O)c([C@@H](C2CCC2)N2CCNCC2)c(O)c1. The second kappa shape index (κ2) is 8.11. The molecule has 1 saturated heterocycles. The van der Waals surface area contributed by atoms with Gasteiger partial charge in [0.15, 0.2) is 0 Å². The van der Waals surface area contributed by atoms with Crippen LogP contribution in [0.3, 0.4) is 0 Å². The lowest BCUT2D eigenvalue weighted by Gasteiger charge is -2.43. The van der Waals surface area contributed by atoms with Gasteiger partial charge in [-0.15, -0.1) is 24.8 Å². The molecule has 7 heteroatoms. The third kappa shape index (κ3) is 3.71. The second-order valence-corrected chi connectivity index (χ2v) is 5.82. The van der Waals surface area contributed by atoms with Crippen LogP contribution in [0.5, 0.6) is 17.2 Å². The monoisotopic (exact) mass is 350 g/mol. The van der Waals surface area contributed by atoms with Gasteiger partial charge in [0.2, 0.25) is 0 Å². The van der Waals surface area contributed by atoms with Gasteiger partial charge >= 0.3 is 0 Å². The van der Waals surface area contributed by atoms with Crippen molar-refractivity contribution in [2.75, 3.05) is 26.2 Å². The van der Waals surface area contributed by atoms with Gasteiger partial charge in [-0.2, -0.15) is 0 Å². The number of hydrogen-bond donors (Lipinski definition) is 4. The van der Waals surface area contributed by atoms with E-state index in [1.807, 2.05) is 0 Å². The summed E-state index contributed by atoms with van der Waals surface area (Å²) in [5, 5.41) is 33.2. The maximum atomic E-state index is 10.2. The van der Waals surface area contributed by atoms with E-state index in [1.165, 1.54) is 18.6 Å². The predicted molar refractivity (Wildman–Crippen MR) is 90.5 cm³/mol. The number of phenols is 3. The number of nitrogens with one attached hydrogen (secondary N) is 1. The van der Waals surface area contributed by atoms with Crippen molar-refractivity contribution in [2.45, 2.75) is 25.3 Å². The molecule has 1 aromatic rings. The van der Waals surface area contributed by atoms with Gasteiger partial charge < -0.3 is 20.6 Å². The molecule has 1 atom stereocenters. The molecule has 0 amide bonds. The van der Waals surface area contributed by atoms with E-state index in [4.69, 9.17) is 0 Å². The molecule has 0 bridgehead atoms. The van der Waals surface area contributed by atoms with E-state index in [1.54, 1.807) is 0 Å². The van der Waals surface area contributed by atoms with Crippen molar-refractivity contribution >= 4 is 24.8 Å². The standard InChI is InChI=1S/C15H22N2O3.2ClH/c18-11-8-12(19)14(13(20)9-11)15(10-2-1-3-10)17-6-4-16-5-7-17;;/h8-10,15-16,18-20H,1-7H2;2*1H/t15-;;/m1../s1. The van der Waals surface area contributed by atoms with Crippen molar-refractivity contribution in [3.63, 3.8) is 0 Å². The molecule has 1 aliphatic carbocycles. The molecule has 1 saturated carbocycles. The van der Waals surface area contributed by atoms with Gasteiger partial charge in [-0.3, -0.25) is 4.90 Å². The molecule has 126 valence electrons. The Balaban J connectivity index is 0.00000121. The summed E-state index contributed by atoms with van der Waals surface area (Å²) < 4.78 is 0. The first-order valence-electron chi connectivity index (χ1n) is 7.36. The van der Waals surface area contributed by atoms with E-state index in [2.05, 4.69) is 10.2 Å². The molecule has 2 aliphatic rings. The van der Waals surface area contributed by atoms with Crippen molar-refractivity contribution < 1.29 is 15.3 Å². The number of nitrogens with zero attached hydrogens (tertiary/aromatic N) is 1. The van der Waals surface area contributed by atoms with Crippen LogP contribution in [-0.2, 0) is 0 Å². The molecule has 0 radical (unpaired) electrons. The first-order chi connectivity index (χ1) is 9.66. The third-order valence-electron chi connectivity index (χ3n) is 4.56. The quantitative estimate of drug-likeness (QED) is 0.673. The Morgan fingerprint density at radius 1 is 1.00 bits per heavy atom. The summed E-state index contributed by atoms with van der Waals surface area (Å²) in [6.45, 7) is 3.70. The Labute approximate surface area is 143 Å². The first-order valence-corrected chi connectivity index (χ1v) is 7.36. The highest BCUT2D eigenvalue weighted by Gasteiger charge is 2.36. The minimum Gasteiger partial charge on any atom is -0.508 e. The lowest BCUT2D eigenvalue weighted by atomic mass is 9.75. The summed E-state index contributed by atoms with van der Waals surface area (Å²) in [6, 6.07) is 2.69. The predicted octanol–water partition coefficient (Wildman–Crippen LogP) is 2.39. The smallest absolute Gasteiger partial charge is 0.127 e. The maximum absolute atomic E-state index is 10.2. The van der Waals surface area contributed by atoms with Gasteiger partial charge in [0.05, 0.1) is 5.56 Å². The van der Waals surface area contributed by atoms with E-state index in [0.29, 0.717) is 11.5 Å². The molecule has 0 spiro atoms. The lowest BCUT2D eigenvalue weighted by molar-refractivity contribution is 0.0800. The highest BCUT2D eigenvalue weighted by Crippen LogP contribution is 2.48. The summed E-state index contributed by atoms with van der Waals surface area (Å²) in [7, 11) is 0. The molecule has 3 rings (SSSR count). The second-order valence-electron chi connectivity index (χ2n) is 5.82. The Hall–Kier alpha value is -0.880. The number of phenolic OH excluding ortho intramolecular Hbond substituents is 3. The number of aromatic hydroxyl groups is 3. The molecule has 5 nitrogen and oxygen atoms in total. The molecular weight excluding hydrogens is 327 g/mol. The Kier molecular flexibility index (Phi) is 7.06. The number of piperazine rings is 1. The van der Waals surface area contributed by atoms with Gasteiger partial charge in [0, 0.05) is 44.4 Å². The molecular formula is C15H24Cl2N2O3. The number of halogens is 2. The fourth-order valence-electron chi connectivity index (χ4n) is 3.34. The summed E-state index contributed by atoms with van der Waals surface area (Å²) in [5.74, 6) is 0.377. The Morgan fingerprint density at radius 2 is 1.55 bits per heavy atom. The van der Waals surface area contributed by atoms with Crippen molar-refractivity contribution in [1.29, 1.82) is 0 Å². The summed E-state index contributed by atoms with van der Waals surface area (Å²) in [4.78, 5) is 2.34. The van der Waals surface area contributed by atoms with Crippen LogP contribution < -0.4 is 5.32 Å². The van der Waals surface area contributed by atoms with Crippen LogP contribution in [0.4, 0.5) is 0 Å². The van der Waals surface area contributed by atoms with E-state index in [9.17, 15) is 15.3 Å². The van der Waals surface area contributed by atoms with E-state index in [-0.39, 0.29) is 48.1 Å². The van der Waals surface area contributed by atoms with Crippen LogP contribution in [0.15, 0.2) is 12.1 Å². The molecule has 0 aromatic heterocycles. The number of benzene rings is 1. The first kappa shape index (κ1) is 19.2. The van der Waals surface area contributed by atoms with Gasteiger partial charge in [-0.05, 0) is 18.8 Å². The van der Waals surface area contributed by atoms with Crippen molar-refractivity contribution in [3.05, 3.63) is 17.7 Å². The number of rotatable bonds is 3. The zero-order valence-electron chi connectivity index (χ0n) is 12.4. The highest BCUT2D eigenvalue weighted by molar-refractivity contribution is 5.85. The zero-order chi connectivity index (χ0) is 14.1. The van der Waals surface area contributed by atoms with Gasteiger partial charge in [-0.25, -0.2) is 0 Å². The molecule has 2 fully saturated rings. The highest BCUT2D eigenvalue weighted by atomic mass is 35.5. The van der Waals surface area contributed by atoms with Crippen LogP contribution in [-0.4, -0.2) is 46.4 Å². The van der Waals surface area contributed by atoms with E-state index >= 15 is 0 Å². The van der Waals surface area contributed by atoms with Crippen LogP contribution in [0.2, 0.25) is 0 Å². The van der Waals surface area contributed by atoms with Gasteiger partial charge in [-0.1, -0.05) is 6.42 Å². The minimum atomic E-state index is -0.101. The van der Waals surface area contributed by atoms with Gasteiger partial charge in [0.25, 0.3) is 0 Å². The lowest BCUT2D eigenvalue weighted by Crippen LogP contribution is -2.47. The molecule has 1 aliphatic heterocycles. The maximum Gasteiger partial charge on any atom is 0.127 e. The number of hydrogen-bond acceptors (Lipinski definition) is 5. The van der Waals surface area contributed by atoms with E-state index in [0.717, 1.165) is 39.0 Å². The van der Waals surface area contributed by atoms with Crippen LogP contribution >= 0.6 is 24.8 Å². The summed E-state index contributed by atoms with van der Waals surface area (Å²) in [5.41, 5.74) is 0.578. The minimum absolute atomic E-state index is 0. The molecule has 0 unspecified atom stereocenters. The van der Waals surface area contributed by atoms with Crippen molar-refractivity contribution in [2.24, 2.45) is 5.92 Å². The van der Waals surface area contributed by atoms with E-state index < -0.39 is 0 Å². The van der Waals surface area contributed by atoms with Crippen molar-refractivity contribution in [1.82, 2.24) is 10.2 Å². The molecule has 1 aromatic carbocycles. The Bertz CT molecular complexity index is 469. The van der Waals surface area contributed by atoms with Gasteiger partial charge in [0.1, 0.15) is 17.2 Å². The normalized spacial score (nSPS) is 20.4. The largest absolute Gasteiger partial charge is 0.508 e. The molecule has 1 heterocycles. The molecule has 4 N–H and O–H groups in total. The fourth-order valence-corrected chi connectivity index (χ4v) is 3.34. The summed E-state index contributed by atoms with van der Waals surface area (Å²) in [6.07, 6.45) is 3.48. The fraction of sp³-hybridized carbons (Fsp3) is 0.600. The summed E-state index contributed by atoms with van der Waals surface area (Å²) >= 11 is 0. The van der Waals surface area contributed by atoms with Crippen molar-refractivity contribution in [3.8, 4) is 17.2 Å². The zero-order valence-corrected chi connectivity index (χ0v) is 14.0. The van der Waals surface area contributed by atoms with Crippen LogP contribution in [0, 0.1) is 5.92 Å². The average Bonchev–Trinajstić information content (AvgIpc) is 2.35. The molecule has 22 heavy (non-hydrogen) atoms. The third-order valence-corrected chi connectivity index (χ3v) is 4.56.